The number of ether oxygens (including phenoxy) is 1. The molecule has 120 valence electrons. The van der Waals surface area contributed by atoms with E-state index in [1.54, 1.807) is 6.07 Å². The lowest BCUT2D eigenvalue weighted by atomic mass is 9.76. The number of benzene rings is 1. The van der Waals surface area contributed by atoms with E-state index in [4.69, 9.17) is 4.74 Å². The van der Waals surface area contributed by atoms with Gasteiger partial charge in [0.15, 0.2) is 0 Å². The molecule has 0 atom stereocenters. The van der Waals surface area contributed by atoms with Crippen molar-refractivity contribution in [1.29, 1.82) is 0 Å². The minimum Gasteiger partial charge on any atom is -0.427 e. The number of rotatable bonds is 6. The third kappa shape index (κ3) is 4.17. The van der Waals surface area contributed by atoms with Crippen molar-refractivity contribution in [3.8, 4) is 5.75 Å². The van der Waals surface area contributed by atoms with Crippen molar-refractivity contribution >= 4 is 11.8 Å². The van der Waals surface area contributed by atoms with Crippen LogP contribution in [-0.2, 0) is 15.1 Å². The molecule has 0 aromatic heterocycles. The molecule has 0 saturated heterocycles. The average molecular weight is 303 g/mol. The largest absolute Gasteiger partial charge is 0.427 e. The lowest BCUT2D eigenvalue weighted by molar-refractivity contribution is -0.131. The van der Waals surface area contributed by atoms with Gasteiger partial charge in [0.05, 0.1) is 0 Å². The molecule has 1 saturated carbocycles. The smallest absolute Gasteiger partial charge is 0.308 e. The van der Waals surface area contributed by atoms with Gasteiger partial charge in [-0.2, -0.15) is 0 Å². The number of carbonyl (C=O) groups excluding carboxylic acids is 2. The molecule has 0 heterocycles. The lowest BCUT2D eigenvalue weighted by Gasteiger charge is -2.38. The van der Waals surface area contributed by atoms with Crippen molar-refractivity contribution in [2.24, 2.45) is 0 Å². The van der Waals surface area contributed by atoms with Gasteiger partial charge in [-0.3, -0.25) is 9.59 Å². The summed E-state index contributed by atoms with van der Waals surface area (Å²) >= 11 is 0. The summed E-state index contributed by atoms with van der Waals surface area (Å²) in [5.41, 5.74) is 0.925. The predicted molar refractivity (Wildman–Crippen MR) is 85.8 cm³/mol. The maximum Gasteiger partial charge on any atom is 0.308 e. The first-order chi connectivity index (χ1) is 10.6. The standard InChI is InChI=1S/C18H25NO3/c1-3-4-12-19-18(10-8-16(21)9-11-18)15-6-5-7-17(13-15)22-14(2)20/h5-7,13,19H,3-4,8-12H2,1-2H3. The SMILES string of the molecule is CCCCNC1(c2cccc(OC(C)=O)c2)CCC(=O)CC1. The molecular formula is C18H25NO3. The van der Waals surface area contributed by atoms with Crippen LogP contribution in [0.4, 0.5) is 0 Å². The zero-order chi connectivity index (χ0) is 16.0. The Bertz CT molecular complexity index is 529. The maximum absolute atomic E-state index is 11.6. The Labute approximate surface area is 132 Å². The number of nitrogens with one attached hydrogen (secondary N) is 1. The van der Waals surface area contributed by atoms with E-state index in [9.17, 15) is 9.59 Å². The summed E-state index contributed by atoms with van der Waals surface area (Å²) in [5, 5.41) is 3.66. The van der Waals surface area contributed by atoms with E-state index in [1.165, 1.54) is 6.92 Å². The number of Topliss-reactive ketones (excluding diaryl/α,β-unsaturated/α-hetero) is 1. The Hall–Kier alpha value is -1.68. The molecular weight excluding hydrogens is 278 g/mol. The molecule has 1 aliphatic carbocycles. The number of unbranched alkanes of at least 4 members (excludes halogenated alkanes) is 1. The van der Waals surface area contributed by atoms with E-state index in [-0.39, 0.29) is 11.5 Å². The Balaban J connectivity index is 2.24. The molecule has 0 radical (unpaired) electrons. The molecule has 22 heavy (non-hydrogen) atoms. The lowest BCUT2D eigenvalue weighted by Crippen LogP contribution is -2.45. The first-order valence-corrected chi connectivity index (χ1v) is 8.11. The van der Waals surface area contributed by atoms with Gasteiger partial charge in [0.1, 0.15) is 11.5 Å². The van der Waals surface area contributed by atoms with E-state index in [0.29, 0.717) is 24.4 Å². The van der Waals surface area contributed by atoms with Crippen LogP contribution in [-0.4, -0.2) is 18.3 Å². The Morgan fingerprint density at radius 1 is 1.32 bits per heavy atom. The molecule has 1 fully saturated rings. The van der Waals surface area contributed by atoms with Gasteiger partial charge in [-0.15, -0.1) is 0 Å². The number of carbonyl (C=O) groups is 2. The normalized spacial score (nSPS) is 17.3. The van der Waals surface area contributed by atoms with Gasteiger partial charge in [0.25, 0.3) is 0 Å². The highest BCUT2D eigenvalue weighted by molar-refractivity contribution is 5.79. The highest BCUT2D eigenvalue weighted by Crippen LogP contribution is 2.37. The molecule has 0 amide bonds. The summed E-state index contributed by atoms with van der Waals surface area (Å²) in [7, 11) is 0. The first kappa shape index (κ1) is 16.7. The molecule has 1 aromatic rings. The third-order valence-electron chi connectivity index (χ3n) is 4.30. The highest BCUT2D eigenvalue weighted by atomic mass is 16.5. The number of esters is 1. The fourth-order valence-corrected chi connectivity index (χ4v) is 3.05. The van der Waals surface area contributed by atoms with Crippen LogP contribution in [0, 0.1) is 0 Å². The molecule has 0 aliphatic heterocycles. The number of hydrogen-bond acceptors (Lipinski definition) is 4. The Morgan fingerprint density at radius 3 is 2.68 bits per heavy atom. The van der Waals surface area contributed by atoms with Gasteiger partial charge in [-0.25, -0.2) is 0 Å². The monoisotopic (exact) mass is 303 g/mol. The van der Waals surface area contributed by atoms with Gasteiger partial charge in [0, 0.05) is 25.3 Å². The van der Waals surface area contributed by atoms with E-state index in [0.717, 1.165) is 37.8 Å². The maximum atomic E-state index is 11.6. The molecule has 4 heteroatoms. The minimum absolute atomic E-state index is 0.181. The Kier molecular flexibility index (Phi) is 5.72. The van der Waals surface area contributed by atoms with Crippen molar-refractivity contribution in [3.05, 3.63) is 29.8 Å². The summed E-state index contributed by atoms with van der Waals surface area (Å²) < 4.78 is 5.20. The van der Waals surface area contributed by atoms with Crippen LogP contribution in [0.15, 0.2) is 24.3 Å². The van der Waals surface area contributed by atoms with Gasteiger partial charge in [-0.05, 0) is 43.5 Å². The van der Waals surface area contributed by atoms with Crippen LogP contribution in [0.1, 0.15) is 57.9 Å². The molecule has 1 aliphatic rings. The quantitative estimate of drug-likeness (QED) is 0.497. The van der Waals surface area contributed by atoms with E-state index in [1.807, 2.05) is 12.1 Å². The second kappa shape index (κ2) is 7.54. The topological polar surface area (TPSA) is 55.4 Å². The van der Waals surface area contributed by atoms with E-state index in [2.05, 4.69) is 18.3 Å². The molecule has 2 rings (SSSR count). The summed E-state index contributed by atoms with van der Waals surface area (Å²) in [6.07, 6.45) is 5.07. The van der Waals surface area contributed by atoms with E-state index >= 15 is 0 Å². The fraction of sp³-hybridized carbons (Fsp3) is 0.556. The van der Waals surface area contributed by atoms with Crippen LogP contribution < -0.4 is 10.1 Å². The van der Waals surface area contributed by atoms with Crippen LogP contribution in [0.25, 0.3) is 0 Å². The predicted octanol–water partition coefficient (Wildman–Crippen LogP) is 3.34. The van der Waals surface area contributed by atoms with Crippen molar-refractivity contribution in [1.82, 2.24) is 5.32 Å². The second-order valence-electron chi connectivity index (χ2n) is 6.02. The van der Waals surface area contributed by atoms with Gasteiger partial charge >= 0.3 is 5.97 Å². The highest BCUT2D eigenvalue weighted by Gasteiger charge is 2.35. The zero-order valence-electron chi connectivity index (χ0n) is 13.5. The van der Waals surface area contributed by atoms with Crippen molar-refractivity contribution in [2.75, 3.05) is 6.54 Å². The van der Waals surface area contributed by atoms with Gasteiger partial charge in [0.2, 0.25) is 0 Å². The summed E-state index contributed by atoms with van der Waals surface area (Å²) in [4.78, 5) is 22.8. The molecule has 0 unspecified atom stereocenters. The van der Waals surface area contributed by atoms with Crippen molar-refractivity contribution < 1.29 is 14.3 Å². The van der Waals surface area contributed by atoms with Crippen LogP contribution in [0.3, 0.4) is 0 Å². The third-order valence-corrected chi connectivity index (χ3v) is 4.30. The molecule has 0 bridgehead atoms. The zero-order valence-corrected chi connectivity index (χ0v) is 13.5. The van der Waals surface area contributed by atoms with Crippen LogP contribution in [0.5, 0.6) is 5.75 Å². The second-order valence-corrected chi connectivity index (χ2v) is 6.02. The van der Waals surface area contributed by atoms with Gasteiger partial charge in [-0.1, -0.05) is 25.5 Å². The molecule has 1 aromatic carbocycles. The summed E-state index contributed by atoms with van der Waals surface area (Å²) in [5.74, 6) is 0.589. The van der Waals surface area contributed by atoms with Crippen LogP contribution >= 0.6 is 0 Å². The van der Waals surface area contributed by atoms with Gasteiger partial charge < -0.3 is 10.1 Å². The number of ketones is 1. The van der Waals surface area contributed by atoms with Crippen molar-refractivity contribution in [2.45, 2.75) is 57.9 Å². The molecule has 1 N–H and O–H groups in total. The Morgan fingerprint density at radius 2 is 2.05 bits per heavy atom. The first-order valence-electron chi connectivity index (χ1n) is 8.11. The fourth-order valence-electron chi connectivity index (χ4n) is 3.05. The van der Waals surface area contributed by atoms with E-state index < -0.39 is 0 Å². The minimum atomic E-state index is -0.316. The molecule has 0 spiro atoms. The number of hydrogen-bond donors (Lipinski definition) is 1. The van der Waals surface area contributed by atoms with Crippen LogP contribution in [0.2, 0.25) is 0 Å². The average Bonchev–Trinajstić information content (AvgIpc) is 2.49. The summed E-state index contributed by atoms with van der Waals surface area (Å²) in [6.45, 7) is 4.50. The molecule has 4 nitrogen and oxygen atoms in total. The summed E-state index contributed by atoms with van der Waals surface area (Å²) in [6, 6.07) is 7.68. The van der Waals surface area contributed by atoms with Crippen molar-refractivity contribution in [3.63, 3.8) is 0 Å².